The molecule has 0 spiro atoms. The number of piperidine rings is 1. The first-order chi connectivity index (χ1) is 15.9. The summed E-state index contributed by atoms with van der Waals surface area (Å²) in [7, 11) is 0. The van der Waals surface area contributed by atoms with Crippen LogP contribution in [-0.2, 0) is 0 Å². The van der Waals surface area contributed by atoms with Crippen LogP contribution in [-0.4, -0.2) is 28.0 Å². The van der Waals surface area contributed by atoms with E-state index in [1.165, 1.54) is 30.3 Å². The van der Waals surface area contributed by atoms with E-state index in [2.05, 4.69) is 87.7 Å². The fourth-order valence-electron chi connectivity index (χ4n) is 4.77. The van der Waals surface area contributed by atoms with Crippen molar-refractivity contribution >= 4 is 16.6 Å². The number of hydrogen-bond acceptors (Lipinski definition) is 2. The van der Waals surface area contributed by atoms with Crippen molar-refractivity contribution in [2.24, 2.45) is 0 Å². The van der Waals surface area contributed by atoms with Gasteiger partial charge in [0.2, 0.25) is 0 Å². The van der Waals surface area contributed by atoms with E-state index in [0.717, 1.165) is 52.5 Å². The molecular weight excluding hydrogens is 392 g/mol. The van der Waals surface area contributed by atoms with Crippen molar-refractivity contribution in [3.8, 4) is 33.9 Å². The summed E-state index contributed by atoms with van der Waals surface area (Å²) < 4.78 is 0. The average Bonchev–Trinajstić information content (AvgIpc) is 3.50. The summed E-state index contributed by atoms with van der Waals surface area (Å²) in [4.78, 5) is 14.6. The molecule has 2 aromatic heterocycles. The number of rotatable bonds is 4. The maximum Gasteiger partial charge on any atom is 0.140 e. The van der Waals surface area contributed by atoms with E-state index >= 15 is 0 Å². The van der Waals surface area contributed by atoms with Gasteiger partial charge in [0.25, 0.3) is 0 Å². The van der Waals surface area contributed by atoms with Gasteiger partial charge in [0.05, 0.1) is 11.4 Å². The van der Waals surface area contributed by atoms with E-state index in [1.807, 2.05) is 12.3 Å². The van der Waals surface area contributed by atoms with Gasteiger partial charge in [-0.15, -0.1) is 0 Å². The van der Waals surface area contributed by atoms with Crippen LogP contribution in [0.25, 0.3) is 44.8 Å². The third-order valence-corrected chi connectivity index (χ3v) is 6.47. The number of aromatic nitrogens is 3. The number of para-hydroxylation sites is 1. The van der Waals surface area contributed by atoms with E-state index in [0.29, 0.717) is 0 Å². The van der Waals surface area contributed by atoms with E-state index in [9.17, 15) is 0 Å². The third kappa shape index (κ3) is 3.38. The molecule has 3 aromatic carbocycles. The summed E-state index contributed by atoms with van der Waals surface area (Å²) in [6.07, 6.45) is 5.96. The topological polar surface area (TPSA) is 47.7 Å². The zero-order chi connectivity index (χ0) is 21.3. The predicted octanol–water partition coefficient (Wildman–Crippen LogP) is 6.88. The zero-order valence-electron chi connectivity index (χ0n) is 18.0. The number of imidazole rings is 1. The summed E-state index contributed by atoms with van der Waals surface area (Å²) in [6, 6.07) is 27.7. The molecule has 0 amide bonds. The van der Waals surface area contributed by atoms with Gasteiger partial charge in [-0.05, 0) is 37.5 Å². The third-order valence-electron chi connectivity index (χ3n) is 6.47. The fourth-order valence-corrected chi connectivity index (χ4v) is 4.77. The number of nitrogens with one attached hydrogen (secondary N) is 2. The van der Waals surface area contributed by atoms with Crippen molar-refractivity contribution in [1.29, 1.82) is 0 Å². The Balaban J connectivity index is 1.45. The Bertz CT molecular complexity index is 1340. The Morgan fingerprint density at radius 2 is 1.47 bits per heavy atom. The van der Waals surface area contributed by atoms with Gasteiger partial charge < -0.3 is 14.9 Å². The zero-order valence-corrected chi connectivity index (χ0v) is 18.0. The van der Waals surface area contributed by atoms with Crippen LogP contribution < -0.4 is 4.90 Å². The molecule has 5 aromatic rings. The first-order valence-electron chi connectivity index (χ1n) is 11.4. The number of aromatic amines is 2. The highest BCUT2D eigenvalue weighted by Crippen LogP contribution is 2.36. The quantitative estimate of drug-likeness (QED) is 0.334. The first kappa shape index (κ1) is 18.9. The molecule has 32 heavy (non-hydrogen) atoms. The van der Waals surface area contributed by atoms with Crippen molar-refractivity contribution in [1.82, 2.24) is 15.0 Å². The van der Waals surface area contributed by atoms with Crippen LogP contribution in [0.15, 0.2) is 85.1 Å². The highest BCUT2D eigenvalue weighted by Gasteiger charge is 2.18. The molecule has 0 radical (unpaired) electrons. The average molecular weight is 419 g/mol. The van der Waals surface area contributed by atoms with Crippen LogP contribution in [0.2, 0.25) is 0 Å². The summed E-state index contributed by atoms with van der Waals surface area (Å²) in [6.45, 7) is 2.31. The van der Waals surface area contributed by atoms with Gasteiger partial charge in [0.15, 0.2) is 0 Å². The van der Waals surface area contributed by atoms with Crippen LogP contribution in [0.4, 0.5) is 5.69 Å². The molecule has 1 aliphatic rings. The minimum Gasteiger partial charge on any atom is -0.372 e. The van der Waals surface area contributed by atoms with Gasteiger partial charge in [-0.2, -0.15) is 0 Å². The molecule has 158 valence electrons. The molecule has 0 saturated carbocycles. The van der Waals surface area contributed by atoms with Gasteiger partial charge in [0, 0.05) is 52.6 Å². The number of nitrogens with zero attached hydrogens (tertiary/aromatic N) is 2. The molecule has 4 heteroatoms. The molecule has 6 rings (SSSR count). The van der Waals surface area contributed by atoms with Crippen molar-refractivity contribution in [2.45, 2.75) is 19.3 Å². The van der Waals surface area contributed by atoms with E-state index in [-0.39, 0.29) is 0 Å². The largest absolute Gasteiger partial charge is 0.372 e. The SMILES string of the molecule is c1ccc(-c2nc(-c3c[nH]c4ccccc34)[nH]c2-c2ccc(N3CCCCC3)cc2)cc1. The summed E-state index contributed by atoms with van der Waals surface area (Å²) in [5.74, 6) is 0.886. The van der Waals surface area contributed by atoms with Crippen LogP contribution in [0.5, 0.6) is 0 Å². The first-order valence-corrected chi connectivity index (χ1v) is 11.4. The lowest BCUT2D eigenvalue weighted by atomic mass is 10.0. The Morgan fingerprint density at radius 1 is 0.719 bits per heavy atom. The monoisotopic (exact) mass is 418 g/mol. The number of H-pyrrole nitrogens is 2. The van der Waals surface area contributed by atoms with Crippen LogP contribution in [0.1, 0.15) is 19.3 Å². The smallest absolute Gasteiger partial charge is 0.140 e. The molecule has 0 unspecified atom stereocenters. The molecule has 1 saturated heterocycles. The fraction of sp³-hybridized carbons (Fsp3) is 0.179. The molecule has 0 bridgehead atoms. The van der Waals surface area contributed by atoms with Crippen LogP contribution >= 0.6 is 0 Å². The number of benzene rings is 3. The van der Waals surface area contributed by atoms with E-state index in [4.69, 9.17) is 4.98 Å². The molecule has 4 nitrogen and oxygen atoms in total. The summed E-state index contributed by atoms with van der Waals surface area (Å²) in [5, 5.41) is 1.17. The molecule has 0 aliphatic carbocycles. The van der Waals surface area contributed by atoms with E-state index in [1.54, 1.807) is 0 Å². The Morgan fingerprint density at radius 3 is 2.28 bits per heavy atom. The minimum atomic E-state index is 0.886. The van der Waals surface area contributed by atoms with E-state index < -0.39 is 0 Å². The maximum absolute atomic E-state index is 5.08. The second-order valence-corrected chi connectivity index (χ2v) is 8.52. The summed E-state index contributed by atoms with van der Waals surface area (Å²) >= 11 is 0. The maximum atomic E-state index is 5.08. The highest BCUT2D eigenvalue weighted by atomic mass is 15.1. The lowest BCUT2D eigenvalue weighted by Gasteiger charge is -2.28. The number of fused-ring (bicyclic) bond motifs is 1. The summed E-state index contributed by atoms with van der Waals surface area (Å²) in [5.41, 5.74) is 7.83. The van der Waals surface area contributed by atoms with Gasteiger partial charge in [-0.3, -0.25) is 0 Å². The van der Waals surface area contributed by atoms with Gasteiger partial charge >= 0.3 is 0 Å². The van der Waals surface area contributed by atoms with Crippen molar-refractivity contribution in [2.75, 3.05) is 18.0 Å². The van der Waals surface area contributed by atoms with Gasteiger partial charge in [-0.25, -0.2) is 4.98 Å². The molecule has 3 heterocycles. The number of hydrogen-bond donors (Lipinski definition) is 2. The second kappa shape index (κ2) is 8.04. The molecule has 1 aliphatic heterocycles. The Kier molecular flexibility index (Phi) is 4.76. The highest BCUT2D eigenvalue weighted by molar-refractivity contribution is 5.95. The van der Waals surface area contributed by atoms with Crippen molar-refractivity contribution in [3.63, 3.8) is 0 Å². The van der Waals surface area contributed by atoms with Gasteiger partial charge in [-0.1, -0.05) is 60.7 Å². The predicted molar refractivity (Wildman–Crippen MR) is 133 cm³/mol. The molecule has 0 atom stereocenters. The van der Waals surface area contributed by atoms with Crippen LogP contribution in [0.3, 0.4) is 0 Å². The lowest BCUT2D eigenvalue weighted by molar-refractivity contribution is 0.578. The Hall–Kier alpha value is -3.79. The van der Waals surface area contributed by atoms with Gasteiger partial charge in [0.1, 0.15) is 5.82 Å². The van der Waals surface area contributed by atoms with Crippen LogP contribution in [0, 0.1) is 0 Å². The second-order valence-electron chi connectivity index (χ2n) is 8.52. The molecule has 1 fully saturated rings. The lowest BCUT2D eigenvalue weighted by Crippen LogP contribution is -2.29. The minimum absolute atomic E-state index is 0.886. The normalized spacial score (nSPS) is 14.2. The van der Waals surface area contributed by atoms with Crippen molar-refractivity contribution < 1.29 is 0 Å². The molecular formula is C28H26N4. The van der Waals surface area contributed by atoms with Crippen molar-refractivity contribution in [3.05, 3.63) is 85.1 Å². The Labute approximate surface area is 188 Å². The number of anilines is 1. The molecule has 2 N–H and O–H groups in total. The standard InChI is InChI=1S/C28H26N4/c1-3-9-20(10-4-1)26-27(21-13-15-22(16-14-21)32-17-7-2-8-18-32)31-28(30-26)24-19-29-25-12-6-5-11-23(24)25/h1,3-6,9-16,19,29H,2,7-8,17-18H2,(H,30,31).